The second-order valence-electron chi connectivity index (χ2n) is 4.94. The van der Waals surface area contributed by atoms with E-state index in [1.54, 1.807) is 16.8 Å². The first-order valence-corrected chi connectivity index (χ1v) is 6.87. The van der Waals surface area contributed by atoms with E-state index in [0.717, 1.165) is 16.8 Å². The van der Waals surface area contributed by atoms with Crippen LogP contribution in [0.4, 0.5) is 4.39 Å². The largest absolute Gasteiger partial charge is 0.243 e. The average Bonchev–Trinajstić information content (AvgIpc) is 2.92. The first kappa shape index (κ1) is 14.0. The van der Waals surface area contributed by atoms with Crippen molar-refractivity contribution in [3.8, 4) is 6.07 Å². The van der Waals surface area contributed by atoms with Crippen LogP contribution >= 0.6 is 0 Å². The first-order valence-electron chi connectivity index (χ1n) is 6.87. The van der Waals surface area contributed by atoms with Gasteiger partial charge in [-0.15, -0.1) is 5.10 Å². The summed E-state index contributed by atoms with van der Waals surface area (Å²) >= 11 is 0. The van der Waals surface area contributed by atoms with Gasteiger partial charge in [0.25, 0.3) is 0 Å². The minimum Gasteiger partial charge on any atom is -0.243 e. The normalized spacial score (nSPS) is 10.4. The molecule has 0 radical (unpaired) electrons. The van der Waals surface area contributed by atoms with Crippen molar-refractivity contribution in [1.82, 2.24) is 15.0 Å². The molecule has 0 fully saturated rings. The van der Waals surface area contributed by atoms with E-state index in [2.05, 4.69) is 16.4 Å². The van der Waals surface area contributed by atoms with Gasteiger partial charge in [0.05, 0.1) is 12.2 Å². The molecule has 22 heavy (non-hydrogen) atoms. The molecule has 0 aliphatic heterocycles. The second-order valence-corrected chi connectivity index (χ2v) is 4.94. The summed E-state index contributed by atoms with van der Waals surface area (Å²) in [6.07, 6.45) is 0.581. The summed E-state index contributed by atoms with van der Waals surface area (Å²) in [7, 11) is 0. The smallest absolute Gasteiger partial charge is 0.186 e. The standard InChI is InChI=1S/C17H13FN4/c18-15-8-6-14(7-9-15)12-22-17(16(11-19)20-21-22)10-13-4-2-1-3-5-13/h1-9H,10,12H2. The van der Waals surface area contributed by atoms with Crippen LogP contribution in [0.3, 0.4) is 0 Å². The Labute approximate surface area is 127 Å². The van der Waals surface area contributed by atoms with Crippen LogP contribution in [0.2, 0.25) is 0 Å². The fourth-order valence-electron chi connectivity index (χ4n) is 2.27. The molecule has 0 N–H and O–H groups in total. The summed E-state index contributed by atoms with van der Waals surface area (Å²) in [4.78, 5) is 0. The van der Waals surface area contributed by atoms with E-state index in [9.17, 15) is 9.65 Å². The van der Waals surface area contributed by atoms with E-state index in [1.807, 2.05) is 30.3 Å². The number of rotatable bonds is 4. The van der Waals surface area contributed by atoms with Gasteiger partial charge in [-0.3, -0.25) is 0 Å². The molecule has 0 atom stereocenters. The van der Waals surface area contributed by atoms with Crippen LogP contribution in [-0.2, 0) is 13.0 Å². The van der Waals surface area contributed by atoms with Gasteiger partial charge < -0.3 is 0 Å². The van der Waals surface area contributed by atoms with Gasteiger partial charge in [0.2, 0.25) is 0 Å². The average molecular weight is 292 g/mol. The van der Waals surface area contributed by atoms with Crippen molar-refractivity contribution in [1.29, 1.82) is 5.26 Å². The van der Waals surface area contributed by atoms with Crippen LogP contribution < -0.4 is 0 Å². The third-order valence-corrected chi connectivity index (χ3v) is 3.40. The monoisotopic (exact) mass is 292 g/mol. The van der Waals surface area contributed by atoms with E-state index in [0.29, 0.717) is 18.7 Å². The van der Waals surface area contributed by atoms with Crippen molar-refractivity contribution in [2.75, 3.05) is 0 Å². The van der Waals surface area contributed by atoms with Crippen molar-refractivity contribution in [2.24, 2.45) is 0 Å². The predicted octanol–water partition coefficient (Wildman–Crippen LogP) is 2.93. The van der Waals surface area contributed by atoms with Gasteiger partial charge in [-0.1, -0.05) is 47.7 Å². The second kappa shape index (κ2) is 6.19. The Hall–Kier alpha value is -3.00. The number of benzene rings is 2. The van der Waals surface area contributed by atoms with E-state index >= 15 is 0 Å². The zero-order chi connectivity index (χ0) is 15.4. The highest BCUT2D eigenvalue weighted by Gasteiger charge is 2.13. The lowest BCUT2D eigenvalue weighted by atomic mass is 10.1. The lowest BCUT2D eigenvalue weighted by molar-refractivity contribution is 0.614. The van der Waals surface area contributed by atoms with Gasteiger partial charge in [-0.05, 0) is 23.3 Å². The molecule has 4 nitrogen and oxygen atoms in total. The summed E-state index contributed by atoms with van der Waals surface area (Å²) in [5.41, 5.74) is 3.08. The van der Waals surface area contributed by atoms with Gasteiger partial charge >= 0.3 is 0 Å². The lowest BCUT2D eigenvalue weighted by Gasteiger charge is -2.07. The Morgan fingerprint density at radius 1 is 1.00 bits per heavy atom. The molecule has 0 aliphatic rings. The van der Waals surface area contributed by atoms with Crippen LogP contribution in [-0.4, -0.2) is 15.0 Å². The van der Waals surface area contributed by atoms with E-state index in [1.165, 1.54) is 12.1 Å². The SMILES string of the molecule is N#Cc1nnn(Cc2ccc(F)cc2)c1Cc1ccccc1. The highest BCUT2D eigenvalue weighted by atomic mass is 19.1. The maximum atomic E-state index is 13.0. The number of halogens is 1. The summed E-state index contributed by atoms with van der Waals surface area (Å²) < 4.78 is 14.7. The molecule has 0 saturated carbocycles. The van der Waals surface area contributed by atoms with Gasteiger partial charge in [-0.25, -0.2) is 9.07 Å². The van der Waals surface area contributed by atoms with Gasteiger partial charge in [-0.2, -0.15) is 5.26 Å². The Kier molecular flexibility index (Phi) is 3.92. The van der Waals surface area contributed by atoms with Crippen LogP contribution in [0.5, 0.6) is 0 Å². The minimum atomic E-state index is -0.274. The Morgan fingerprint density at radius 3 is 2.41 bits per heavy atom. The molecule has 5 heteroatoms. The molecular weight excluding hydrogens is 279 g/mol. The Bertz CT molecular complexity index is 801. The van der Waals surface area contributed by atoms with Crippen LogP contribution in [0.1, 0.15) is 22.5 Å². The topological polar surface area (TPSA) is 54.5 Å². The maximum Gasteiger partial charge on any atom is 0.186 e. The van der Waals surface area contributed by atoms with Gasteiger partial charge in [0.15, 0.2) is 5.69 Å². The molecule has 1 aromatic heterocycles. The Morgan fingerprint density at radius 2 is 1.73 bits per heavy atom. The number of hydrogen-bond donors (Lipinski definition) is 0. The third-order valence-electron chi connectivity index (χ3n) is 3.40. The van der Waals surface area contributed by atoms with Gasteiger partial charge in [0, 0.05) is 6.42 Å². The van der Waals surface area contributed by atoms with Gasteiger partial charge in [0.1, 0.15) is 11.9 Å². The van der Waals surface area contributed by atoms with E-state index in [-0.39, 0.29) is 5.82 Å². The lowest BCUT2D eigenvalue weighted by Crippen LogP contribution is -2.08. The molecule has 0 saturated heterocycles. The highest BCUT2D eigenvalue weighted by molar-refractivity contribution is 5.31. The van der Waals surface area contributed by atoms with E-state index in [4.69, 9.17) is 0 Å². The molecule has 0 aliphatic carbocycles. The molecule has 108 valence electrons. The van der Waals surface area contributed by atoms with Crippen LogP contribution in [0.25, 0.3) is 0 Å². The quantitative estimate of drug-likeness (QED) is 0.743. The van der Waals surface area contributed by atoms with Crippen LogP contribution in [0, 0.1) is 17.1 Å². The van der Waals surface area contributed by atoms with Crippen LogP contribution in [0.15, 0.2) is 54.6 Å². The maximum absolute atomic E-state index is 13.0. The van der Waals surface area contributed by atoms with E-state index < -0.39 is 0 Å². The number of nitriles is 1. The molecule has 2 aromatic carbocycles. The summed E-state index contributed by atoms with van der Waals surface area (Å²) in [5, 5.41) is 17.2. The van der Waals surface area contributed by atoms with Crippen molar-refractivity contribution in [3.05, 3.63) is 82.9 Å². The molecule has 3 aromatic rings. The number of nitrogens with zero attached hydrogens (tertiary/aromatic N) is 4. The fourth-order valence-corrected chi connectivity index (χ4v) is 2.27. The summed E-state index contributed by atoms with van der Waals surface area (Å²) in [6, 6.07) is 18.2. The molecule has 0 unspecified atom stereocenters. The summed E-state index contributed by atoms with van der Waals surface area (Å²) in [6.45, 7) is 0.455. The van der Waals surface area contributed by atoms with Crippen molar-refractivity contribution in [2.45, 2.75) is 13.0 Å². The fraction of sp³-hybridized carbons (Fsp3) is 0.118. The molecule has 0 amide bonds. The zero-order valence-corrected chi connectivity index (χ0v) is 11.8. The first-order chi connectivity index (χ1) is 10.8. The highest BCUT2D eigenvalue weighted by Crippen LogP contribution is 2.14. The molecule has 1 heterocycles. The Balaban J connectivity index is 1.90. The third kappa shape index (κ3) is 3.01. The van der Waals surface area contributed by atoms with Crippen molar-refractivity contribution >= 4 is 0 Å². The molecule has 0 bridgehead atoms. The number of aromatic nitrogens is 3. The minimum absolute atomic E-state index is 0.274. The molecule has 3 rings (SSSR count). The summed E-state index contributed by atoms with van der Waals surface area (Å²) in [5.74, 6) is -0.274. The molecular formula is C17H13FN4. The number of hydrogen-bond acceptors (Lipinski definition) is 3. The predicted molar refractivity (Wildman–Crippen MR) is 79.5 cm³/mol. The van der Waals surface area contributed by atoms with Crippen molar-refractivity contribution in [3.63, 3.8) is 0 Å². The zero-order valence-electron chi connectivity index (χ0n) is 11.8. The van der Waals surface area contributed by atoms with Crippen molar-refractivity contribution < 1.29 is 4.39 Å². The molecule has 0 spiro atoms.